The Kier molecular flexibility index (Phi) is 2.74. The fourth-order valence-electron chi connectivity index (χ4n) is 1.21. The molecule has 0 aliphatic carbocycles. The number of aromatic nitrogens is 2. The van der Waals surface area contributed by atoms with Crippen LogP contribution in [-0.2, 0) is 0 Å². The number of carbonyl (C=O) groups is 1. The standard InChI is InChI=1S/C10H7BrN2O3/c1-5-2-3-6(7(11)4-5)8-12-13-9(16-8)10(14)15/h2-4H,1H3,(H,14,15). The zero-order chi connectivity index (χ0) is 11.7. The molecule has 0 unspecified atom stereocenters. The van der Waals surface area contributed by atoms with E-state index in [0.29, 0.717) is 5.56 Å². The van der Waals surface area contributed by atoms with Crippen LogP contribution in [0.4, 0.5) is 0 Å². The third kappa shape index (κ3) is 1.96. The summed E-state index contributed by atoms with van der Waals surface area (Å²) in [4.78, 5) is 10.6. The summed E-state index contributed by atoms with van der Waals surface area (Å²) in [7, 11) is 0. The Morgan fingerprint density at radius 1 is 1.44 bits per heavy atom. The number of benzene rings is 1. The van der Waals surface area contributed by atoms with E-state index >= 15 is 0 Å². The molecule has 0 aliphatic rings. The number of hydrogen-bond donors (Lipinski definition) is 1. The van der Waals surface area contributed by atoms with Gasteiger partial charge in [-0.3, -0.25) is 0 Å². The summed E-state index contributed by atoms with van der Waals surface area (Å²) in [6, 6.07) is 5.56. The summed E-state index contributed by atoms with van der Waals surface area (Å²) in [5.41, 5.74) is 1.75. The molecule has 0 atom stereocenters. The number of aryl methyl sites for hydroxylation is 1. The summed E-state index contributed by atoms with van der Waals surface area (Å²) in [5, 5.41) is 15.7. The van der Waals surface area contributed by atoms with Crippen LogP contribution in [0.15, 0.2) is 27.1 Å². The molecule has 82 valence electrons. The van der Waals surface area contributed by atoms with Gasteiger partial charge in [0, 0.05) is 4.47 Å². The summed E-state index contributed by atoms with van der Waals surface area (Å²) < 4.78 is 5.79. The van der Waals surface area contributed by atoms with E-state index in [1.165, 1.54) is 0 Å². The molecule has 0 amide bonds. The molecule has 6 heteroatoms. The summed E-state index contributed by atoms with van der Waals surface area (Å²) in [6.45, 7) is 1.95. The van der Waals surface area contributed by atoms with E-state index < -0.39 is 11.9 Å². The van der Waals surface area contributed by atoms with Crippen molar-refractivity contribution in [2.45, 2.75) is 6.92 Å². The summed E-state index contributed by atoms with van der Waals surface area (Å²) in [5.74, 6) is -1.46. The number of hydrogen-bond acceptors (Lipinski definition) is 4. The Morgan fingerprint density at radius 3 is 2.75 bits per heavy atom. The lowest BCUT2D eigenvalue weighted by Crippen LogP contribution is -1.95. The van der Waals surface area contributed by atoms with Crippen molar-refractivity contribution < 1.29 is 14.3 Å². The van der Waals surface area contributed by atoms with Crippen molar-refractivity contribution in [1.29, 1.82) is 0 Å². The average Bonchev–Trinajstić information content (AvgIpc) is 2.66. The molecule has 1 heterocycles. The molecule has 1 aromatic heterocycles. The highest BCUT2D eigenvalue weighted by molar-refractivity contribution is 9.10. The van der Waals surface area contributed by atoms with Gasteiger partial charge in [-0.05, 0) is 40.5 Å². The molecule has 16 heavy (non-hydrogen) atoms. The normalized spacial score (nSPS) is 10.4. The van der Waals surface area contributed by atoms with Crippen molar-refractivity contribution in [2.24, 2.45) is 0 Å². The molecule has 2 aromatic rings. The van der Waals surface area contributed by atoms with Crippen molar-refractivity contribution in [1.82, 2.24) is 10.2 Å². The molecule has 0 saturated carbocycles. The number of carboxylic acid groups (broad SMARTS) is 1. The Bertz CT molecular complexity index is 551. The highest BCUT2D eigenvalue weighted by Crippen LogP contribution is 2.27. The lowest BCUT2D eigenvalue weighted by atomic mass is 10.1. The van der Waals surface area contributed by atoms with Crippen LogP contribution in [0.3, 0.4) is 0 Å². The van der Waals surface area contributed by atoms with Crippen molar-refractivity contribution in [3.05, 3.63) is 34.1 Å². The van der Waals surface area contributed by atoms with Gasteiger partial charge in [0.2, 0.25) is 5.89 Å². The quantitative estimate of drug-likeness (QED) is 0.916. The Labute approximate surface area is 99.2 Å². The van der Waals surface area contributed by atoms with Gasteiger partial charge in [-0.25, -0.2) is 4.79 Å². The van der Waals surface area contributed by atoms with Crippen LogP contribution < -0.4 is 0 Å². The van der Waals surface area contributed by atoms with E-state index in [0.717, 1.165) is 10.0 Å². The first-order valence-electron chi connectivity index (χ1n) is 4.41. The van der Waals surface area contributed by atoms with Gasteiger partial charge in [0.15, 0.2) is 0 Å². The minimum absolute atomic E-state index is 0.185. The maximum Gasteiger partial charge on any atom is 0.393 e. The van der Waals surface area contributed by atoms with Crippen LogP contribution in [0.5, 0.6) is 0 Å². The molecule has 0 bridgehead atoms. The Hall–Kier alpha value is -1.69. The van der Waals surface area contributed by atoms with Crippen molar-refractivity contribution in [3.8, 4) is 11.5 Å². The van der Waals surface area contributed by atoms with Gasteiger partial charge in [0.1, 0.15) is 0 Å². The Balaban J connectivity index is 2.46. The van der Waals surface area contributed by atoms with Crippen molar-refractivity contribution in [2.75, 3.05) is 0 Å². The van der Waals surface area contributed by atoms with Gasteiger partial charge in [0.05, 0.1) is 5.56 Å². The lowest BCUT2D eigenvalue weighted by Gasteiger charge is -1.99. The molecule has 0 aliphatic heterocycles. The molecule has 0 spiro atoms. The van der Waals surface area contributed by atoms with Crippen LogP contribution in [0, 0.1) is 6.92 Å². The maximum atomic E-state index is 10.6. The topological polar surface area (TPSA) is 76.2 Å². The summed E-state index contributed by atoms with van der Waals surface area (Å²) >= 11 is 3.35. The second-order valence-electron chi connectivity index (χ2n) is 3.20. The Morgan fingerprint density at radius 2 is 2.19 bits per heavy atom. The minimum Gasteiger partial charge on any atom is -0.474 e. The van der Waals surface area contributed by atoms with Crippen LogP contribution in [0.2, 0.25) is 0 Å². The highest BCUT2D eigenvalue weighted by atomic mass is 79.9. The molecule has 0 radical (unpaired) electrons. The van der Waals surface area contributed by atoms with E-state index in [1.54, 1.807) is 6.07 Å². The van der Waals surface area contributed by atoms with E-state index in [9.17, 15) is 4.79 Å². The summed E-state index contributed by atoms with van der Waals surface area (Å²) in [6.07, 6.45) is 0. The van der Waals surface area contributed by atoms with Gasteiger partial charge < -0.3 is 9.52 Å². The van der Waals surface area contributed by atoms with Crippen molar-refractivity contribution >= 4 is 21.9 Å². The second kappa shape index (κ2) is 4.05. The zero-order valence-corrected chi connectivity index (χ0v) is 9.85. The number of rotatable bonds is 2. The fraction of sp³-hybridized carbons (Fsp3) is 0.100. The SMILES string of the molecule is Cc1ccc(-c2nnc(C(=O)O)o2)c(Br)c1. The first-order chi connectivity index (χ1) is 7.58. The number of carboxylic acids is 1. The van der Waals surface area contributed by atoms with Crippen LogP contribution in [0.25, 0.3) is 11.5 Å². The van der Waals surface area contributed by atoms with Gasteiger partial charge >= 0.3 is 11.9 Å². The third-order valence-corrected chi connectivity index (χ3v) is 2.62. The van der Waals surface area contributed by atoms with E-state index in [2.05, 4.69) is 26.1 Å². The predicted octanol–water partition coefficient (Wildman–Crippen LogP) is 2.51. The van der Waals surface area contributed by atoms with Gasteiger partial charge in [-0.2, -0.15) is 0 Å². The monoisotopic (exact) mass is 282 g/mol. The molecular weight excluding hydrogens is 276 g/mol. The first-order valence-corrected chi connectivity index (χ1v) is 5.20. The largest absolute Gasteiger partial charge is 0.474 e. The van der Waals surface area contributed by atoms with E-state index in [-0.39, 0.29) is 5.89 Å². The van der Waals surface area contributed by atoms with E-state index in [4.69, 9.17) is 9.52 Å². The zero-order valence-electron chi connectivity index (χ0n) is 8.27. The predicted molar refractivity (Wildman–Crippen MR) is 59.1 cm³/mol. The molecular formula is C10H7BrN2O3. The van der Waals surface area contributed by atoms with Crippen molar-refractivity contribution in [3.63, 3.8) is 0 Å². The second-order valence-corrected chi connectivity index (χ2v) is 4.06. The van der Waals surface area contributed by atoms with Gasteiger partial charge in [-0.1, -0.05) is 6.07 Å². The number of nitrogens with zero attached hydrogens (tertiary/aromatic N) is 2. The molecule has 1 N–H and O–H groups in total. The number of aromatic carboxylic acids is 1. The molecule has 0 fully saturated rings. The smallest absolute Gasteiger partial charge is 0.393 e. The molecule has 2 rings (SSSR count). The molecule has 0 saturated heterocycles. The van der Waals surface area contributed by atoms with Gasteiger partial charge in [0.25, 0.3) is 0 Å². The highest BCUT2D eigenvalue weighted by Gasteiger charge is 2.15. The van der Waals surface area contributed by atoms with Crippen LogP contribution >= 0.6 is 15.9 Å². The molecule has 1 aromatic carbocycles. The number of halogens is 1. The third-order valence-electron chi connectivity index (χ3n) is 1.96. The average molecular weight is 283 g/mol. The maximum absolute atomic E-state index is 10.6. The lowest BCUT2D eigenvalue weighted by molar-refractivity contribution is 0.0654. The van der Waals surface area contributed by atoms with E-state index in [1.807, 2.05) is 19.1 Å². The fourth-order valence-corrected chi connectivity index (χ4v) is 1.87. The minimum atomic E-state index is -1.23. The van der Waals surface area contributed by atoms with Crippen LogP contribution in [0.1, 0.15) is 16.2 Å². The first kappa shape index (κ1) is 10.8. The molecule has 5 nitrogen and oxygen atoms in total. The van der Waals surface area contributed by atoms with Gasteiger partial charge in [-0.15, -0.1) is 10.2 Å². The van der Waals surface area contributed by atoms with Crippen LogP contribution in [-0.4, -0.2) is 21.3 Å².